The van der Waals surface area contributed by atoms with Crippen molar-refractivity contribution in [3.8, 4) is 0 Å². The molecule has 0 aliphatic rings. The van der Waals surface area contributed by atoms with Gasteiger partial charge in [-0.15, -0.1) is 6.58 Å². The normalized spacial score (nSPS) is 13.1. The molecular formula is C11H21NO3. The lowest BCUT2D eigenvalue weighted by molar-refractivity contribution is 0.0186. The molecule has 0 fully saturated rings. The molecule has 0 aromatic carbocycles. The molecule has 1 amide bonds. The number of methoxy groups -OCH3 is 1. The van der Waals surface area contributed by atoms with E-state index in [2.05, 4.69) is 6.58 Å². The molecule has 0 N–H and O–H groups in total. The summed E-state index contributed by atoms with van der Waals surface area (Å²) in [4.78, 5) is 13.1. The minimum atomic E-state index is -0.482. The van der Waals surface area contributed by atoms with Crippen molar-refractivity contribution in [1.29, 1.82) is 0 Å². The summed E-state index contributed by atoms with van der Waals surface area (Å²) < 4.78 is 10.2. The van der Waals surface area contributed by atoms with Crippen molar-refractivity contribution in [3.63, 3.8) is 0 Å². The Kier molecular flexibility index (Phi) is 5.36. The van der Waals surface area contributed by atoms with Gasteiger partial charge in [-0.05, 0) is 20.8 Å². The third kappa shape index (κ3) is 5.42. The van der Waals surface area contributed by atoms with Crippen LogP contribution in [0.4, 0.5) is 4.79 Å². The van der Waals surface area contributed by atoms with Gasteiger partial charge in [-0.1, -0.05) is 6.08 Å². The monoisotopic (exact) mass is 215 g/mol. The molecule has 0 rings (SSSR count). The molecule has 1 atom stereocenters. The number of likely N-dealkylation sites (N-methyl/N-ethyl adjacent to an activating group) is 1. The first-order valence-electron chi connectivity index (χ1n) is 4.89. The Bertz CT molecular complexity index is 220. The van der Waals surface area contributed by atoms with Crippen LogP contribution in [0.25, 0.3) is 0 Å². The van der Waals surface area contributed by atoms with Crippen LogP contribution >= 0.6 is 0 Å². The maximum absolute atomic E-state index is 11.6. The Labute approximate surface area is 91.8 Å². The zero-order valence-corrected chi connectivity index (χ0v) is 10.2. The first-order chi connectivity index (χ1) is 6.81. The van der Waals surface area contributed by atoms with Gasteiger partial charge in [0.1, 0.15) is 5.60 Å². The first-order valence-corrected chi connectivity index (χ1v) is 4.89. The number of hydrogen-bond acceptors (Lipinski definition) is 3. The minimum absolute atomic E-state index is 0.162. The van der Waals surface area contributed by atoms with Crippen molar-refractivity contribution in [2.75, 3.05) is 20.8 Å². The molecular weight excluding hydrogens is 194 g/mol. The highest BCUT2D eigenvalue weighted by Gasteiger charge is 2.23. The molecule has 0 saturated heterocycles. The Morgan fingerprint density at radius 2 is 2.07 bits per heavy atom. The molecule has 15 heavy (non-hydrogen) atoms. The number of hydrogen-bond donors (Lipinski definition) is 0. The third-order valence-electron chi connectivity index (χ3n) is 1.79. The van der Waals surface area contributed by atoms with E-state index in [9.17, 15) is 4.79 Å². The van der Waals surface area contributed by atoms with Gasteiger partial charge in [0.2, 0.25) is 0 Å². The molecule has 4 nitrogen and oxygen atoms in total. The second-order valence-corrected chi connectivity index (χ2v) is 4.35. The highest BCUT2D eigenvalue weighted by molar-refractivity contribution is 5.68. The van der Waals surface area contributed by atoms with Crippen LogP contribution in [0.3, 0.4) is 0 Å². The predicted octanol–water partition coefficient (Wildman–Crippen LogP) is 2.05. The van der Waals surface area contributed by atoms with Crippen LogP contribution in [0.5, 0.6) is 0 Å². The summed E-state index contributed by atoms with van der Waals surface area (Å²) in [6.45, 7) is 9.56. The van der Waals surface area contributed by atoms with E-state index < -0.39 is 5.60 Å². The summed E-state index contributed by atoms with van der Waals surface area (Å²) >= 11 is 0. The molecule has 88 valence electrons. The maximum Gasteiger partial charge on any atom is 0.410 e. The van der Waals surface area contributed by atoms with Crippen LogP contribution in [0.2, 0.25) is 0 Å². The molecule has 1 unspecified atom stereocenters. The quantitative estimate of drug-likeness (QED) is 0.674. The molecule has 0 heterocycles. The largest absolute Gasteiger partial charge is 0.444 e. The summed E-state index contributed by atoms with van der Waals surface area (Å²) in [5, 5.41) is 0. The van der Waals surface area contributed by atoms with Crippen LogP contribution in [-0.2, 0) is 9.47 Å². The van der Waals surface area contributed by atoms with E-state index in [4.69, 9.17) is 9.47 Å². The van der Waals surface area contributed by atoms with Gasteiger partial charge in [-0.2, -0.15) is 0 Å². The molecule has 0 aromatic rings. The second-order valence-electron chi connectivity index (χ2n) is 4.35. The summed E-state index contributed by atoms with van der Waals surface area (Å²) in [6, 6.07) is -0.162. The first kappa shape index (κ1) is 14.0. The van der Waals surface area contributed by atoms with E-state index in [1.54, 1.807) is 20.2 Å². The Morgan fingerprint density at radius 1 is 1.53 bits per heavy atom. The van der Waals surface area contributed by atoms with Gasteiger partial charge >= 0.3 is 6.09 Å². The number of carbonyl (C=O) groups excluding carboxylic acids is 1. The fourth-order valence-electron chi connectivity index (χ4n) is 0.978. The van der Waals surface area contributed by atoms with E-state index in [0.29, 0.717) is 6.61 Å². The molecule has 0 aliphatic heterocycles. The smallest absolute Gasteiger partial charge is 0.410 e. The summed E-state index contributed by atoms with van der Waals surface area (Å²) in [6.07, 6.45) is 1.29. The van der Waals surface area contributed by atoms with Gasteiger partial charge in [0.25, 0.3) is 0 Å². The van der Waals surface area contributed by atoms with Crippen molar-refractivity contribution in [1.82, 2.24) is 4.90 Å². The Hall–Kier alpha value is -1.03. The van der Waals surface area contributed by atoms with Crippen LogP contribution in [0, 0.1) is 0 Å². The lowest BCUT2D eigenvalue weighted by Crippen LogP contribution is -2.41. The third-order valence-corrected chi connectivity index (χ3v) is 1.79. The lowest BCUT2D eigenvalue weighted by Gasteiger charge is -2.28. The Morgan fingerprint density at radius 3 is 2.40 bits per heavy atom. The van der Waals surface area contributed by atoms with Crippen LogP contribution < -0.4 is 0 Å². The van der Waals surface area contributed by atoms with Crippen LogP contribution in [0.15, 0.2) is 12.7 Å². The molecule has 0 aromatic heterocycles. The molecule has 0 spiro atoms. The average Bonchev–Trinajstić information content (AvgIpc) is 2.10. The zero-order chi connectivity index (χ0) is 12.1. The minimum Gasteiger partial charge on any atom is -0.444 e. The number of carbonyl (C=O) groups is 1. The van der Waals surface area contributed by atoms with Crippen LogP contribution in [0.1, 0.15) is 20.8 Å². The number of amides is 1. The van der Waals surface area contributed by atoms with Crippen molar-refractivity contribution in [3.05, 3.63) is 12.7 Å². The van der Waals surface area contributed by atoms with Gasteiger partial charge in [-0.25, -0.2) is 4.79 Å². The number of rotatable bonds is 4. The highest BCUT2D eigenvalue weighted by Crippen LogP contribution is 2.11. The second kappa shape index (κ2) is 5.75. The Balaban J connectivity index is 4.34. The van der Waals surface area contributed by atoms with E-state index in [-0.39, 0.29) is 12.1 Å². The molecule has 0 radical (unpaired) electrons. The van der Waals surface area contributed by atoms with E-state index in [1.807, 2.05) is 20.8 Å². The summed E-state index contributed by atoms with van der Waals surface area (Å²) in [5.41, 5.74) is -0.482. The highest BCUT2D eigenvalue weighted by atomic mass is 16.6. The molecule has 0 aliphatic carbocycles. The van der Waals surface area contributed by atoms with Crippen LogP contribution in [-0.4, -0.2) is 43.4 Å². The van der Waals surface area contributed by atoms with Gasteiger partial charge in [0.05, 0.1) is 12.6 Å². The maximum atomic E-state index is 11.6. The van der Waals surface area contributed by atoms with Crippen molar-refractivity contribution in [2.24, 2.45) is 0 Å². The lowest BCUT2D eigenvalue weighted by atomic mass is 10.2. The van der Waals surface area contributed by atoms with Gasteiger partial charge in [0, 0.05) is 14.2 Å². The van der Waals surface area contributed by atoms with E-state index in [0.717, 1.165) is 0 Å². The van der Waals surface area contributed by atoms with Crippen molar-refractivity contribution in [2.45, 2.75) is 32.4 Å². The summed E-state index contributed by atoms with van der Waals surface area (Å²) in [7, 11) is 3.25. The fraction of sp³-hybridized carbons (Fsp3) is 0.727. The average molecular weight is 215 g/mol. The molecule has 4 heteroatoms. The molecule has 0 bridgehead atoms. The summed E-state index contributed by atoms with van der Waals surface area (Å²) in [5.74, 6) is 0. The predicted molar refractivity (Wildman–Crippen MR) is 59.9 cm³/mol. The standard InChI is InChI=1S/C11H21NO3/c1-7-9(8-14-6)12(5)10(13)15-11(2,3)4/h7,9H,1,8H2,2-6H3. The fourth-order valence-corrected chi connectivity index (χ4v) is 0.978. The number of nitrogens with zero attached hydrogens (tertiary/aromatic N) is 1. The van der Waals surface area contributed by atoms with E-state index in [1.165, 1.54) is 4.90 Å². The SMILES string of the molecule is C=CC(COC)N(C)C(=O)OC(C)(C)C. The zero-order valence-electron chi connectivity index (χ0n) is 10.2. The van der Waals surface area contributed by atoms with E-state index >= 15 is 0 Å². The van der Waals surface area contributed by atoms with Crippen molar-refractivity contribution >= 4 is 6.09 Å². The number of ether oxygens (including phenoxy) is 2. The molecule has 0 saturated carbocycles. The van der Waals surface area contributed by atoms with Crippen molar-refractivity contribution < 1.29 is 14.3 Å². The van der Waals surface area contributed by atoms with Gasteiger partial charge in [-0.3, -0.25) is 0 Å². The van der Waals surface area contributed by atoms with Gasteiger partial charge in [0.15, 0.2) is 0 Å². The topological polar surface area (TPSA) is 38.8 Å². The van der Waals surface area contributed by atoms with Gasteiger partial charge < -0.3 is 14.4 Å².